The number of unbranched alkanes of at least 4 members (excludes halogenated alkanes) is 1. The van der Waals surface area contributed by atoms with Crippen molar-refractivity contribution in [3.63, 3.8) is 0 Å². The third-order valence-electron chi connectivity index (χ3n) is 4.07. The van der Waals surface area contributed by atoms with Gasteiger partial charge in [0.15, 0.2) is 0 Å². The van der Waals surface area contributed by atoms with Crippen LogP contribution in [0.4, 0.5) is 0 Å². The number of fused-ring (bicyclic) bond motifs is 1. The molecule has 112 valence electrons. The first-order valence-electron chi connectivity index (χ1n) is 7.03. The van der Waals surface area contributed by atoms with Gasteiger partial charge >= 0.3 is 5.97 Å². The topological polar surface area (TPSA) is 77.8 Å². The molecule has 1 saturated heterocycles. The molecule has 2 aliphatic rings. The zero-order valence-corrected chi connectivity index (χ0v) is 12.8. The molecule has 5 nitrogen and oxygen atoms in total. The number of amides is 1. The molecule has 1 amide bonds. The van der Waals surface area contributed by atoms with Gasteiger partial charge in [0.25, 0.3) is 0 Å². The van der Waals surface area contributed by atoms with Gasteiger partial charge in [0, 0.05) is 10.8 Å². The number of carboxylic acids is 1. The lowest BCUT2D eigenvalue weighted by atomic mass is 9.79. The fourth-order valence-electron chi connectivity index (χ4n) is 3.04. The van der Waals surface area contributed by atoms with Crippen molar-refractivity contribution in [3.8, 4) is 0 Å². The lowest BCUT2D eigenvalue weighted by Gasteiger charge is -2.46. The molecule has 20 heavy (non-hydrogen) atoms. The van der Waals surface area contributed by atoms with Gasteiger partial charge in [-0.1, -0.05) is 20.3 Å². The van der Waals surface area contributed by atoms with Crippen LogP contribution in [0.3, 0.4) is 0 Å². The van der Waals surface area contributed by atoms with Gasteiger partial charge in [0.05, 0.1) is 18.1 Å². The van der Waals surface area contributed by atoms with Gasteiger partial charge in [-0.3, -0.25) is 4.79 Å². The monoisotopic (exact) mass is 299 g/mol. The summed E-state index contributed by atoms with van der Waals surface area (Å²) in [7, 11) is 0. The van der Waals surface area contributed by atoms with Crippen molar-refractivity contribution in [1.29, 1.82) is 0 Å². The minimum absolute atomic E-state index is 0.0137. The Bertz CT molecular complexity index is 460. The summed E-state index contributed by atoms with van der Waals surface area (Å²) < 4.78 is 0. The van der Waals surface area contributed by atoms with Crippen molar-refractivity contribution >= 4 is 23.6 Å². The van der Waals surface area contributed by atoms with E-state index in [1.165, 1.54) is 16.7 Å². The van der Waals surface area contributed by atoms with E-state index in [-0.39, 0.29) is 23.6 Å². The van der Waals surface area contributed by atoms with E-state index in [4.69, 9.17) is 0 Å². The van der Waals surface area contributed by atoms with Gasteiger partial charge in [0.1, 0.15) is 5.70 Å². The van der Waals surface area contributed by atoms with Gasteiger partial charge in [-0.05, 0) is 19.1 Å². The van der Waals surface area contributed by atoms with E-state index in [2.05, 4.69) is 6.92 Å². The highest BCUT2D eigenvalue weighted by Crippen LogP contribution is 2.50. The van der Waals surface area contributed by atoms with Crippen LogP contribution in [0.25, 0.3) is 0 Å². The lowest BCUT2D eigenvalue weighted by Crippen LogP contribution is -2.63. The highest BCUT2D eigenvalue weighted by atomic mass is 32.2. The smallest absolute Gasteiger partial charge is 0.353 e. The number of thioether (sulfide) groups is 1. The molecule has 0 aromatic heterocycles. The van der Waals surface area contributed by atoms with E-state index in [1.54, 1.807) is 6.92 Å². The molecule has 0 aromatic rings. The van der Waals surface area contributed by atoms with Crippen LogP contribution in [0, 0.1) is 11.8 Å². The number of carbonyl (C=O) groups excluding carboxylic acids is 1. The number of β-lactam (4-membered cyclic amide) rings is 1. The second kappa shape index (κ2) is 5.77. The second-order valence-electron chi connectivity index (χ2n) is 5.47. The highest BCUT2D eigenvalue weighted by Gasteiger charge is 2.59. The number of aliphatic hydroxyl groups is 1. The first-order valence-corrected chi connectivity index (χ1v) is 8.01. The number of aliphatic carboxylic acids is 1. The van der Waals surface area contributed by atoms with Crippen molar-refractivity contribution in [2.45, 2.75) is 45.8 Å². The van der Waals surface area contributed by atoms with Crippen LogP contribution in [-0.4, -0.2) is 44.9 Å². The first kappa shape index (κ1) is 15.4. The summed E-state index contributed by atoms with van der Waals surface area (Å²) in [6, 6.07) is -0.197. The summed E-state index contributed by atoms with van der Waals surface area (Å²) in [6.07, 6.45) is 1.34. The molecule has 0 spiro atoms. The predicted octanol–water partition coefficient (Wildman–Crippen LogP) is 1.67. The van der Waals surface area contributed by atoms with Crippen molar-refractivity contribution in [2.24, 2.45) is 11.8 Å². The first-order chi connectivity index (χ1) is 9.41. The Morgan fingerprint density at radius 2 is 2.15 bits per heavy atom. The molecule has 1 fully saturated rings. The molecule has 2 aliphatic heterocycles. The molecule has 0 aromatic carbocycles. The summed E-state index contributed by atoms with van der Waals surface area (Å²) in [6.45, 7) is 5.63. The summed E-state index contributed by atoms with van der Waals surface area (Å²) in [5, 5.41) is 19.1. The van der Waals surface area contributed by atoms with E-state index in [0.717, 1.165) is 23.5 Å². The number of aliphatic hydroxyl groups excluding tert-OH is 1. The minimum Gasteiger partial charge on any atom is -0.477 e. The van der Waals surface area contributed by atoms with Crippen molar-refractivity contribution in [3.05, 3.63) is 10.6 Å². The van der Waals surface area contributed by atoms with Gasteiger partial charge in [-0.2, -0.15) is 0 Å². The van der Waals surface area contributed by atoms with Crippen LogP contribution < -0.4 is 0 Å². The molecule has 2 rings (SSSR count). The van der Waals surface area contributed by atoms with E-state index < -0.39 is 18.0 Å². The maximum Gasteiger partial charge on any atom is 0.353 e. The zero-order valence-electron chi connectivity index (χ0n) is 12.0. The Kier molecular flexibility index (Phi) is 4.44. The average Bonchev–Trinajstić information content (AvgIpc) is 2.60. The van der Waals surface area contributed by atoms with Crippen LogP contribution in [0.1, 0.15) is 33.6 Å². The second-order valence-corrected chi connectivity index (χ2v) is 6.61. The quantitative estimate of drug-likeness (QED) is 0.576. The van der Waals surface area contributed by atoms with E-state index in [1.807, 2.05) is 6.92 Å². The number of hydrogen-bond donors (Lipinski definition) is 2. The Labute approximate surface area is 123 Å². The summed E-state index contributed by atoms with van der Waals surface area (Å²) in [5.74, 6) is -0.930. The Balaban J connectivity index is 2.25. The van der Waals surface area contributed by atoms with Gasteiger partial charge in [0.2, 0.25) is 5.91 Å². The van der Waals surface area contributed by atoms with Crippen LogP contribution in [-0.2, 0) is 9.59 Å². The van der Waals surface area contributed by atoms with Crippen LogP contribution >= 0.6 is 11.8 Å². The van der Waals surface area contributed by atoms with Crippen LogP contribution in [0.5, 0.6) is 0 Å². The number of rotatable bonds is 6. The standard InChI is InChI=1S/C14H21NO4S/c1-4-5-6-20-12-7(2)10-9(8(3)16)13(17)15(10)11(12)14(18)19/h7-10,16H,4-6H2,1-3H3,(H,18,19). The van der Waals surface area contributed by atoms with E-state index >= 15 is 0 Å². The number of carboxylic acid groups (broad SMARTS) is 1. The molecule has 0 saturated carbocycles. The molecule has 2 N–H and O–H groups in total. The molecule has 2 heterocycles. The van der Waals surface area contributed by atoms with Crippen molar-refractivity contribution < 1.29 is 19.8 Å². The van der Waals surface area contributed by atoms with Gasteiger partial charge < -0.3 is 15.1 Å². The van der Waals surface area contributed by atoms with E-state index in [9.17, 15) is 19.8 Å². The predicted molar refractivity (Wildman–Crippen MR) is 77.0 cm³/mol. The summed E-state index contributed by atoms with van der Waals surface area (Å²) >= 11 is 1.54. The number of nitrogens with zero attached hydrogens (tertiary/aromatic N) is 1. The van der Waals surface area contributed by atoms with Crippen LogP contribution in [0.15, 0.2) is 10.6 Å². The third kappa shape index (κ3) is 2.24. The molecular weight excluding hydrogens is 278 g/mol. The summed E-state index contributed by atoms with van der Waals surface area (Å²) in [5.41, 5.74) is 0.130. The maximum absolute atomic E-state index is 12.1. The molecule has 4 unspecified atom stereocenters. The fourth-order valence-corrected chi connectivity index (χ4v) is 4.42. The number of hydrogen-bond acceptors (Lipinski definition) is 4. The SMILES string of the molecule is CCCCSC1=C(C(=O)O)N2C(=O)C(C(C)O)C2C1C. The van der Waals surface area contributed by atoms with Crippen molar-refractivity contribution in [2.75, 3.05) is 5.75 Å². The normalized spacial score (nSPS) is 30.3. The number of carbonyl (C=O) groups is 2. The average molecular weight is 299 g/mol. The third-order valence-corrected chi connectivity index (χ3v) is 5.44. The van der Waals surface area contributed by atoms with Gasteiger partial charge in [-0.15, -0.1) is 11.8 Å². The molecule has 4 atom stereocenters. The fraction of sp³-hybridized carbons (Fsp3) is 0.714. The van der Waals surface area contributed by atoms with Gasteiger partial charge in [-0.25, -0.2) is 4.79 Å². The highest BCUT2D eigenvalue weighted by molar-refractivity contribution is 8.03. The molecule has 0 bridgehead atoms. The largest absolute Gasteiger partial charge is 0.477 e. The molecule has 6 heteroatoms. The zero-order chi connectivity index (χ0) is 15.0. The molecular formula is C14H21NO4S. The Hall–Kier alpha value is -1.01. The Morgan fingerprint density at radius 1 is 1.50 bits per heavy atom. The van der Waals surface area contributed by atoms with Crippen molar-refractivity contribution in [1.82, 2.24) is 4.90 Å². The molecule has 0 radical (unpaired) electrons. The lowest BCUT2D eigenvalue weighted by molar-refractivity contribution is -0.163. The Morgan fingerprint density at radius 3 is 2.65 bits per heavy atom. The van der Waals surface area contributed by atoms with Crippen LogP contribution in [0.2, 0.25) is 0 Å². The van der Waals surface area contributed by atoms with E-state index in [0.29, 0.717) is 0 Å². The summed E-state index contributed by atoms with van der Waals surface area (Å²) in [4.78, 5) is 25.7. The molecule has 0 aliphatic carbocycles. The maximum atomic E-state index is 12.1. The minimum atomic E-state index is -1.05.